The molecule has 0 unspecified atom stereocenters. The number of carbonyl (C=O) groups is 1. The van der Waals surface area contributed by atoms with Crippen LogP contribution in [0.5, 0.6) is 0 Å². The van der Waals surface area contributed by atoms with E-state index in [-0.39, 0.29) is 17.3 Å². The number of nitrogens with one attached hydrogen (secondary N) is 1. The number of carbonyl (C=O) groups excluding carboxylic acids is 1. The Hall–Kier alpha value is -1.82. The topological polar surface area (TPSA) is 80.6 Å². The fourth-order valence-corrected chi connectivity index (χ4v) is 2.53. The first-order valence-electron chi connectivity index (χ1n) is 7.17. The van der Waals surface area contributed by atoms with Crippen molar-refractivity contribution in [3.05, 3.63) is 28.7 Å². The molecule has 1 fully saturated rings. The van der Waals surface area contributed by atoms with Crippen LogP contribution in [0.4, 0.5) is 10.5 Å². The molecule has 0 bridgehead atoms. The quantitative estimate of drug-likeness (QED) is 0.877. The second-order valence-electron chi connectivity index (χ2n) is 6.33. The number of ether oxygens (including phenoxy) is 1. The van der Waals surface area contributed by atoms with Gasteiger partial charge in [0.2, 0.25) is 0 Å². The monoisotopic (exact) mass is 294 g/mol. The van der Waals surface area contributed by atoms with Gasteiger partial charge in [-0.25, -0.2) is 4.79 Å². The lowest BCUT2D eigenvalue weighted by molar-refractivity contribution is 0.0635. The van der Waals surface area contributed by atoms with Crippen LogP contribution >= 0.6 is 0 Å². The van der Waals surface area contributed by atoms with E-state index in [9.17, 15) is 14.7 Å². The number of hydrogen-bond acceptors (Lipinski definition) is 4. The average molecular weight is 294 g/mol. The van der Waals surface area contributed by atoms with Gasteiger partial charge in [0, 0.05) is 6.20 Å². The lowest BCUT2D eigenvalue weighted by Crippen LogP contribution is -2.33. The highest BCUT2D eigenvalue weighted by Gasteiger charge is 2.28. The van der Waals surface area contributed by atoms with Crippen molar-refractivity contribution in [2.24, 2.45) is 0 Å². The molecule has 21 heavy (non-hydrogen) atoms. The molecule has 2 N–H and O–H groups in total. The molecule has 1 aromatic rings. The Morgan fingerprint density at radius 2 is 2.14 bits per heavy atom. The largest absolute Gasteiger partial charge is 0.444 e. The molecule has 1 aliphatic rings. The van der Waals surface area contributed by atoms with E-state index in [2.05, 4.69) is 5.32 Å². The molecule has 2 atom stereocenters. The van der Waals surface area contributed by atoms with Crippen LogP contribution in [0.1, 0.15) is 46.1 Å². The number of amides is 1. The van der Waals surface area contributed by atoms with E-state index in [1.54, 1.807) is 33.0 Å². The van der Waals surface area contributed by atoms with Gasteiger partial charge >= 0.3 is 6.09 Å². The summed E-state index contributed by atoms with van der Waals surface area (Å²) in [5.41, 5.74) is -0.792. The van der Waals surface area contributed by atoms with Crippen LogP contribution in [-0.4, -0.2) is 27.5 Å². The maximum absolute atomic E-state index is 12.4. The summed E-state index contributed by atoms with van der Waals surface area (Å²) in [6.45, 7) is 5.26. The lowest BCUT2D eigenvalue weighted by atomic mass is 10.2. The number of anilines is 1. The van der Waals surface area contributed by atoms with E-state index in [4.69, 9.17) is 4.74 Å². The predicted molar refractivity (Wildman–Crippen MR) is 79.5 cm³/mol. The van der Waals surface area contributed by atoms with Gasteiger partial charge in [-0.15, -0.1) is 0 Å². The van der Waals surface area contributed by atoms with Crippen LogP contribution in [0.25, 0.3) is 0 Å². The summed E-state index contributed by atoms with van der Waals surface area (Å²) in [7, 11) is 0. The average Bonchev–Trinajstić information content (AvgIpc) is 2.76. The summed E-state index contributed by atoms with van der Waals surface area (Å²) in [6, 6.07) is 2.99. The molecule has 0 saturated heterocycles. The molecule has 6 nitrogen and oxygen atoms in total. The summed E-state index contributed by atoms with van der Waals surface area (Å²) in [4.78, 5) is 24.1. The molecule has 1 heterocycles. The molecule has 0 aliphatic heterocycles. The van der Waals surface area contributed by atoms with Crippen molar-refractivity contribution < 1.29 is 14.6 Å². The van der Waals surface area contributed by atoms with Crippen LogP contribution in [0.15, 0.2) is 23.1 Å². The van der Waals surface area contributed by atoms with E-state index >= 15 is 0 Å². The molecular weight excluding hydrogens is 272 g/mol. The van der Waals surface area contributed by atoms with Gasteiger partial charge in [-0.2, -0.15) is 0 Å². The van der Waals surface area contributed by atoms with E-state index in [0.29, 0.717) is 6.42 Å². The van der Waals surface area contributed by atoms with Crippen molar-refractivity contribution in [2.75, 3.05) is 5.32 Å². The third kappa shape index (κ3) is 3.85. The smallest absolute Gasteiger partial charge is 0.412 e. The van der Waals surface area contributed by atoms with Gasteiger partial charge < -0.3 is 14.4 Å². The zero-order valence-corrected chi connectivity index (χ0v) is 12.6. The van der Waals surface area contributed by atoms with Crippen LogP contribution in [0.3, 0.4) is 0 Å². The highest BCUT2D eigenvalue weighted by atomic mass is 16.6. The molecule has 1 amide bonds. The van der Waals surface area contributed by atoms with Gasteiger partial charge in [-0.05, 0) is 52.2 Å². The molecule has 1 saturated carbocycles. The number of aliphatic hydroxyl groups excluding tert-OH is 1. The fraction of sp³-hybridized carbons (Fsp3) is 0.600. The third-order valence-electron chi connectivity index (χ3n) is 3.41. The van der Waals surface area contributed by atoms with Crippen LogP contribution < -0.4 is 10.9 Å². The van der Waals surface area contributed by atoms with Crippen LogP contribution in [0.2, 0.25) is 0 Å². The molecule has 0 spiro atoms. The standard InChI is InChI=1S/C15H22N2O4/c1-15(2,3)21-14(20)16-10-6-5-9-17(13(10)19)11-7-4-8-12(11)18/h5-6,9,11-12,18H,4,7-8H2,1-3H3,(H,16,20)/t11-,12+/m1/s1. The minimum atomic E-state index is -0.663. The maximum Gasteiger partial charge on any atom is 0.412 e. The summed E-state index contributed by atoms with van der Waals surface area (Å²) in [5, 5.41) is 12.4. The first-order valence-corrected chi connectivity index (χ1v) is 7.17. The molecule has 6 heteroatoms. The van der Waals surface area contributed by atoms with E-state index < -0.39 is 17.8 Å². The number of aromatic nitrogens is 1. The van der Waals surface area contributed by atoms with Crippen molar-refractivity contribution >= 4 is 11.8 Å². The van der Waals surface area contributed by atoms with Gasteiger partial charge in [-0.3, -0.25) is 10.1 Å². The van der Waals surface area contributed by atoms with Gasteiger partial charge in [0.1, 0.15) is 11.3 Å². The molecular formula is C15H22N2O4. The fourth-order valence-electron chi connectivity index (χ4n) is 2.53. The molecule has 1 aliphatic carbocycles. The van der Waals surface area contributed by atoms with Crippen LogP contribution in [-0.2, 0) is 4.74 Å². The first kappa shape index (κ1) is 15.6. The van der Waals surface area contributed by atoms with Gasteiger partial charge in [0.05, 0.1) is 12.1 Å². The Kier molecular flexibility index (Phi) is 4.37. The Morgan fingerprint density at radius 1 is 1.43 bits per heavy atom. The van der Waals surface area contributed by atoms with Crippen molar-refractivity contribution in [1.82, 2.24) is 4.57 Å². The number of rotatable bonds is 2. The zero-order chi connectivity index (χ0) is 15.6. The second kappa shape index (κ2) is 5.89. The van der Waals surface area contributed by atoms with Crippen molar-refractivity contribution in [1.29, 1.82) is 0 Å². The van der Waals surface area contributed by atoms with Crippen molar-refractivity contribution in [3.63, 3.8) is 0 Å². The number of hydrogen-bond donors (Lipinski definition) is 2. The summed E-state index contributed by atoms with van der Waals surface area (Å²) in [6.07, 6.45) is 2.81. The summed E-state index contributed by atoms with van der Waals surface area (Å²) in [5.74, 6) is 0. The molecule has 0 aromatic carbocycles. The number of pyridine rings is 1. The van der Waals surface area contributed by atoms with Crippen LogP contribution in [0, 0.1) is 0 Å². The lowest BCUT2D eigenvalue weighted by Gasteiger charge is -2.21. The Bertz CT molecular complexity index is 574. The van der Waals surface area contributed by atoms with Gasteiger partial charge in [0.15, 0.2) is 0 Å². The predicted octanol–water partition coefficient (Wildman–Crippen LogP) is 2.28. The minimum Gasteiger partial charge on any atom is -0.444 e. The SMILES string of the molecule is CC(C)(C)OC(=O)Nc1cccn([C@@H]2CCC[C@@H]2O)c1=O. The Morgan fingerprint density at radius 3 is 2.71 bits per heavy atom. The van der Waals surface area contributed by atoms with E-state index in [0.717, 1.165) is 12.8 Å². The van der Waals surface area contributed by atoms with E-state index in [1.165, 1.54) is 10.6 Å². The molecule has 0 radical (unpaired) electrons. The Labute approximate surface area is 123 Å². The highest BCUT2D eigenvalue weighted by Crippen LogP contribution is 2.29. The molecule has 116 valence electrons. The van der Waals surface area contributed by atoms with Gasteiger partial charge in [-0.1, -0.05) is 0 Å². The summed E-state index contributed by atoms with van der Waals surface area (Å²) < 4.78 is 6.63. The first-order chi connectivity index (χ1) is 9.78. The van der Waals surface area contributed by atoms with Crippen molar-refractivity contribution in [3.8, 4) is 0 Å². The number of aliphatic hydroxyl groups is 1. The van der Waals surface area contributed by atoms with Gasteiger partial charge in [0.25, 0.3) is 5.56 Å². The summed E-state index contributed by atoms with van der Waals surface area (Å²) >= 11 is 0. The Balaban J connectivity index is 2.18. The normalized spacial score (nSPS) is 22.1. The molecule has 2 rings (SSSR count). The third-order valence-corrected chi connectivity index (χ3v) is 3.41. The minimum absolute atomic E-state index is 0.158. The van der Waals surface area contributed by atoms with Crippen molar-refractivity contribution in [2.45, 2.75) is 57.8 Å². The maximum atomic E-state index is 12.4. The number of nitrogens with zero attached hydrogens (tertiary/aromatic N) is 1. The molecule has 1 aromatic heterocycles. The highest BCUT2D eigenvalue weighted by molar-refractivity contribution is 5.84. The zero-order valence-electron chi connectivity index (χ0n) is 12.6. The van der Waals surface area contributed by atoms with E-state index in [1.807, 2.05) is 0 Å². The second-order valence-corrected chi connectivity index (χ2v) is 6.33.